The summed E-state index contributed by atoms with van der Waals surface area (Å²) in [4.78, 5) is 11.6. The normalized spacial score (nSPS) is 10.8. The molecule has 120 valence electrons. The van der Waals surface area contributed by atoms with Gasteiger partial charge in [0.25, 0.3) is 13.5 Å². The van der Waals surface area contributed by atoms with Crippen molar-refractivity contribution in [3.63, 3.8) is 0 Å². The Hall–Kier alpha value is -2.80. The fraction of sp³-hybridized carbons (Fsp3) is 0.250. The van der Waals surface area contributed by atoms with Crippen LogP contribution in [0, 0.1) is 0 Å². The molecule has 7 heteroatoms. The standard InChI is InChI=1S/C16H18N3O4/c1-2-23-16(20)14-6-9-18(10-7-14)12-22-13-19-8-4-3-5-15(19)11-17-21/h3-11H,2,12-13H2,1H3/q+1/p+1. The van der Waals surface area contributed by atoms with Crippen molar-refractivity contribution in [1.82, 2.24) is 0 Å². The van der Waals surface area contributed by atoms with Crippen molar-refractivity contribution in [2.45, 2.75) is 20.4 Å². The van der Waals surface area contributed by atoms with Crippen molar-refractivity contribution in [2.75, 3.05) is 6.61 Å². The predicted octanol–water partition coefficient (Wildman–Crippen LogP) is 0.878. The van der Waals surface area contributed by atoms with Crippen molar-refractivity contribution in [2.24, 2.45) is 5.16 Å². The van der Waals surface area contributed by atoms with Crippen molar-refractivity contribution in [1.29, 1.82) is 0 Å². The highest BCUT2D eigenvalue weighted by Crippen LogP contribution is 1.98. The maximum atomic E-state index is 11.6. The molecule has 7 nitrogen and oxygen atoms in total. The van der Waals surface area contributed by atoms with E-state index in [1.807, 2.05) is 24.4 Å². The topological polar surface area (TPSA) is 75.9 Å². The van der Waals surface area contributed by atoms with Gasteiger partial charge in [0.05, 0.1) is 12.2 Å². The smallest absolute Gasteiger partial charge is 0.338 e. The number of hydrogen-bond acceptors (Lipinski definition) is 5. The Balaban J connectivity index is 1.91. The largest absolute Gasteiger partial charge is 0.462 e. The van der Waals surface area contributed by atoms with Gasteiger partial charge in [-0.1, -0.05) is 5.16 Å². The maximum absolute atomic E-state index is 11.6. The lowest BCUT2D eigenvalue weighted by Crippen LogP contribution is -2.42. The Labute approximate surface area is 134 Å². The highest BCUT2D eigenvalue weighted by Gasteiger charge is 2.11. The van der Waals surface area contributed by atoms with E-state index in [1.54, 1.807) is 40.6 Å². The molecule has 0 saturated heterocycles. The summed E-state index contributed by atoms with van der Waals surface area (Å²) in [6.45, 7) is 2.74. The average molecular weight is 317 g/mol. The van der Waals surface area contributed by atoms with Crippen LogP contribution < -0.4 is 9.13 Å². The number of rotatable bonds is 7. The molecule has 0 bridgehead atoms. The van der Waals surface area contributed by atoms with Crippen LogP contribution in [-0.4, -0.2) is 24.0 Å². The van der Waals surface area contributed by atoms with Gasteiger partial charge in [0.1, 0.15) is 6.21 Å². The number of ether oxygens (including phenoxy) is 2. The van der Waals surface area contributed by atoms with Gasteiger partial charge >= 0.3 is 5.97 Å². The molecule has 0 amide bonds. The molecule has 0 saturated carbocycles. The molecule has 2 rings (SSSR count). The molecule has 2 heterocycles. The number of nitrogens with zero attached hydrogens (tertiary/aromatic N) is 3. The average Bonchev–Trinajstić information content (AvgIpc) is 2.57. The third-order valence-electron chi connectivity index (χ3n) is 3.04. The molecular formula is C16H19N3O4+2. The van der Waals surface area contributed by atoms with E-state index in [0.717, 1.165) is 5.69 Å². The summed E-state index contributed by atoms with van der Waals surface area (Å²) in [6, 6.07) is 8.88. The number of pyridine rings is 2. The Morgan fingerprint density at radius 2 is 2.00 bits per heavy atom. The molecule has 0 atom stereocenters. The number of aromatic nitrogens is 2. The van der Waals surface area contributed by atoms with Gasteiger partial charge < -0.3 is 9.94 Å². The predicted molar refractivity (Wildman–Crippen MR) is 79.7 cm³/mol. The Morgan fingerprint density at radius 3 is 2.70 bits per heavy atom. The van der Waals surface area contributed by atoms with E-state index in [0.29, 0.717) is 25.6 Å². The second kappa shape index (κ2) is 8.60. The van der Waals surface area contributed by atoms with Gasteiger partial charge in [0, 0.05) is 24.3 Å². The van der Waals surface area contributed by atoms with Gasteiger partial charge in [-0.3, -0.25) is 4.74 Å². The summed E-state index contributed by atoms with van der Waals surface area (Å²) in [6.07, 6.45) is 6.66. The van der Waals surface area contributed by atoms with Gasteiger partial charge in [-0.2, -0.15) is 9.13 Å². The minimum Gasteiger partial charge on any atom is -0.462 e. The van der Waals surface area contributed by atoms with Crippen LogP contribution in [0.1, 0.15) is 23.0 Å². The van der Waals surface area contributed by atoms with E-state index in [-0.39, 0.29) is 5.97 Å². The molecule has 0 fully saturated rings. The molecule has 23 heavy (non-hydrogen) atoms. The Bertz CT molecular complexity index is 671. The first-order valence-corrected chi connectivity index (χ1v) is 7.14. The highest BCUT2D eigenvalue weighted by atomic mass is 16.5. The van der Waals surface area contributed by atoms with E-state index in [4.69, 9.17) is 14.7 Å². The van der Waals surface area contributed by atoms with Crippen LogP contribution >= 0.6 is 0 Å². The van der Waals surface area contributed by atoms with E-state index < -0.39 is 0 Å². The van der Waals surface area contributed by atoms with Crippen LogP contribution in [0.5, 0.6) is 0 Å². The van der Waals surface area contributed by atoms with Crippen LogP contribution in [0.3, 0.4) is 0 Å². The molecule has 0 aromatic carbocycles. The third-order valence-corrected chi connectivity index (χ3v) is 3.04. The Kier molecular flexibility index (Phi) is 6.19. The zero-order chi connectivity index (χ0) is 16.5. The van der Waals surface area contributed by atoms with Crippen molar-refractivity contribution >= 4 is 12.2 Å². The molecule has 0 aliphatic rings. The minimum absolute atomic E-state index is 0.300. The quantitative estimate of drug-likeness (QED) is 0.270. The lowest BCUT2D eigenvalue weighted by molar-refractivity contribution is -0.788. The molecule has 2 aromatic heterocycles. The number of carbonyl (C=O) groups excluding carboxylic acids is 1. The SMILES string of the molecule is CCOC(=O)c1cc[n+](COC[n+]2ccccc2C=NO)cc1. The van der Waals surface area contributed by atoms with Crippen LogP contribution in [0.25, 0.3) is 0 Å². The zero-order valence-electron chi connectivity index (χ0n) is 12.8. The number of oxime groups is 1. The number of hydrogen-bond donors (Lipinski definition) is 1. The molecule has 0 aliphatic carbocycles. The van der Waals surface area contributed by atoms with Crippen molar-refractivity contribution in [3.05, 3.63) is 60.2 Å². The summed E-state index contributed by atoms with van der Waals surface area (Å²) in [5.74, 6) is -0.339. The van der Waals surface area contributed by atoms with Crippen molar-refractivity contribution in [3.8, 4) is 0 Å². The fourth-order valence-electron chi connectivity index (χ4n) is 1.92. The lowest BCUT2D eigenvalue weighted by atomic mass is 10.3. The number of esters is 1. The van der Waals surface area contributed by atoms with Crippen LogP contribution in [-0.2, 0) is 22.9 Å². The summed E-state index contributed by atoms with van der Waals surface area (Å²) in [5, 5.41) is 11.7. The highest BCUT2D eigenvalue weighted by molar-refractivity contribution is 5.88. The van der Waals surface area contributed by atoms with Gasteiger partial charge in [-0.05, 0) is 13.0 Å². The molecule has 0 aliphatic heterocycles. The molecule has 0 radical (unpaired) electrons. The van der Waals surface area contributed by atoms with Gasteiger partial charge in [-0.25, -0.2) is 4.79 Å². The maximum Gasteiger partial charge on any atom is 0.338 e. The molecule has 2 aromatic rings. The zero-order valence-corrected chi connectivity index (χ0v) is 12.8. The van der Waals surface area contributed by atoms with E-state index >= 15 is 0 Å². The van der Waals surface area contributed by atoms with Crippen LogP contribution in [0.2, 0.25) is 0 Å². The summed E-state index contributed by atoms with van der Waals surface area (Å²) in [7, 11) is 0. The second-order valence-corrected chi connectivity index (χ2v) is 4.62. The molecule has 0 unspecified atom stereocenters. The summed E-state index contributed by atoms with van der Waals surface area (Å²) in [5.41, 5.74) is 1.22. The van der Waals surface area contributed by atoms with Crippen LogP contribution in [0.4, 0.5) is 0 Å². The summed E-state index contributed by atoms with van der Waals surface area (Å²) >= 11 is 0. The molecular weight excluding hydrogens is 298 g/mol. The Morgan fingerprint density at radius 1 is 1.22 bits per heavy atom. The van der Waals surface area contributed by atoms with Gasteiger partial charge in [-0.15, -0.1) is 0 Å². The monoisotopic (exact) mass is 317 g/mol. The minimum atomic E-state index is -0.339. The van der Waals surface area contributed by atoms with Crippen molar-refractivity contribution < 1.29 is 28.6 Å². The molecule has 0 spiro atoms. The van der Waals surface area contributed by atoms with E-state index in [1.165, 1.54) is 6.21 Å². The first-order chi connectivity index (χ1) is 11.2. The fourth-order valence-corrected chi connectivity index (χ4v) is 1.92. The van der Waals surface area contributed by atoms with Gasteiger partial charge in [0.15, 0.2) is 18.6 Å². The first-order valence-electron chi connectivity index (χ1n) is 7.14. The van der Waals surface area contributed by atoms with Gasteiger partial charge in [0.2, 0.25) is 5.69 Å². The second-order valence-electron chi connectivity index (χ2n) is 4.62. The lowest BCUT2D eigenvalue weighted by Gasteiger charge is -2.02. The summed E-state index contributed by atoms with van der Waals surface area (Å²) < 4.78 is 14.1. The van der Waals surface area contributed by atoms with E-state index in [2.05, 4.69) is 5.16 Å². The number of carbonyl (C=O) groups is 1. The molecule has 1 N–H and O–H groups in total. The van der Waals surface area contributed by atoms with Crippen LogP contribution in [0.15, 0.2) is 54.1 Å². The first kappa shape index (κ1) is 16.6. The van der Waals surface area contributed by atoms with E-state index in [9.17, 15) is 4.79 Å². The third kappa shape index (κ3) is 4.86.